The fourth-order valence-electron chi connectivity index (χ4n) is 2.30. The molecule has 0 spiro atoms. The van der Waals surface area contributed by atoms with Crippen LogP contribution >= 0.6 is 0 Å². The van der Waals surface area contributed by atoms with Gasteiger partial charge in [0.05, 0.1) is 6.61 Å². The highest BCUT2D eigenvalue weighted by Crippen LogP contribution is 2.40. The molecule has 0 aromatic heterocycles. The van der Waals surface area contributed by atoms with Gasteiger partial charge in [0.15, 0.2) is 12.1 Å². The summed E-state index contributed by atoms with van der Waals surface area (Å²) in [6.45, 7) is 4.07. The Morgan fingerprint density at radius 3 is 2.71 bits per heavy atom. The van der Waals surface area contributed by atoms with Crippen molar-refractivity contribution in [1.29, 1.82) is 0 Å². The van der Waals surface area contributed by atoms with E-state index in [1.54, 1.807) is 0 Å². The van der Waals surface area contributed by atoms with Crippen molar-refractivity contribution in [2.24, 2.45) is 0 Å². The van der Waals surface area contributed by atoms with Gasteiger partial charge in [0.25, 0.3) is 0 Å². The van der Waals surface area contributed by atoms with Gasteiger partial charge in [-0.1, -0.05) is 0 Å². The summed E-state index contributed by atoms with van der Waals surface area (Å²) < 4.78 is 22.0. The smallest absolute Gasteiger partial charge is 0.187 e. The van der Waals surface area contributed by atoms with Crippen LogP contribution in [0.4, 0.5) is 0 Å². The molecule has 3 saturated heterocycles. The minimum atomic E-state index is -0.659. The van der Waals surface area contributed by atoms with E-state index in [2.05, 4.69) is 0 Å². The third kappa shape index (κ3) is 1.14. The summed E-state index contributed by atoms with van der Waals surface area (Å²) in [5.74, 6) is -0.659. The van der Waals surface area contributed by atoms with Crippen molar-refractivity contribution in [3.8, 4) is 0 Å². The van der Waals surface area contributed by atoms with Gasteiger partial charge in [-0.3, -0.25) is 0 Å². The molecule has 80 valence electrons. The van der Waals surface area contributed by atoms with E-state index in [0.717, 1.165) is 0 Å². The van der Waals surface area contributed by atoms with Gasteiger partial charge in [-0.05, 0) is 13.8 Å². The second kappa shape index (κ2) is 2.68. The van der Waals surface area contributed by atoms with Crippen molar-refractivity contribution in [3.05, 3.63) is 0 Å². The van der Waals surface area contributed by atoms with Crippen LogP contribution in [-0.4, -0.2) is 48.2 Å². The molecule has 3 heterocycles. The molecule has 1 N–H and O–H groups in total. The summed E-state index contributed by atoms with van der Waals surface area (Å²) in [7, 11) is 0. The summed E-state index contributed by atoms with van der Waals surface area (Å²) >= 11 is 0. The van der Waals surface area contributed by atoms with Crippen LogP contribution in [0.1, 0.15) is 13.8 Å². The van der Waals surface area contributed by atoms with Crippen LogP contribution < -0.4 is 0 Å². The Balaban J connectivity index is 1.88. The van der Waals surface area contributed by atoms with Gasteiger partial charge in [0.1, 0.15) is 24.4 Å². The van der Waals surface area contributed by atoms with E-state index in [-0.39, 0.29) is 24.6 Å². The predicted octanol–water partition coefficient (Wildman–Crippen LogP) is -0.378. The highest BCUT2D eigenvalue weighted by atomic mass is 16.8. The van der Waals surface area contributed by atoms with Gasteiger partial charge in [0, 0.05) is 0 Å². The number of aliphatic hydroxyl groups excluding tert-OH is 1. The van der Waals surface area contributed by atoms with Gasteiger partial charge in [-0.15, -0.1) is 0 Å². The lowest BCUT2D eigenvalue weighted by atomic mass is 10.0. The second-order valence-electron chi connectivity index (χ2n) is 4.43. The molecule has 0 aromatic carbocycles. The molecule has 3 rings (SSSR count). The quantitative estimate of drug-likeness (QED) is 0.580. The molecule has 0 aliphatic carbocycles. The van der Waals surface area contributed by atoms with Crippen LogP contribution in [0.2, 0.25) is 0 Å². The number of aliphatic hydroxyl groups is 1. The predicted molar refractivity (Wildman–Crippen MR) is 44.4 cm³/mol. The fraction of sp³-hybridized carbons (Fsp3) is 1.00. The highest BCUT2D eigenvalue weighted by molar-refractivity contribution is 4.98. The molecule has 14 heavy (non-hydrogen) atoms. The van der Waals surface area contributed by atoms with Crippen molar-refractivity contribution in [1.82, 2.24) is 0 Å². The maximum absolute atomic E-state index is 9.89. The van der Waals surface area contributed by atoms with Crippen LogP contribution in [0.25, 0.3) is 0 Å². The summed E-state index contributed by atoms with van der Waals surface area (Å²) in [6, 6.07) is 0. The molecule has 3 aliphatic rings. The summed E-state index contributed by atoms with van der Waals surface area (Å²) in [5, 5.41) is 9.89. The Morgan fingerprint density at radius 2 is 1.93 bits per heavy atom. The number of hydrogen-bond acceptors (Lipinski definition) is 5. The van der Waals surface area contributed by atoms with E-state index in [1.165, 1.54) is 0 Å². The van der Waals surface area contributed by atoms with Crippen molar-refractivity contribution in [2.75, 3.05) is 6.61 Å². The molecule has 0 radical (unpaired) electrons. The zero-order valence-corrected chi connectivity index (χ0v) is 8.17. The van der Waals surface area contributed by atoms with E-state index < -0.39 is 11.9 Å². The highest BCUT2D eigenvalue weighted by Gasteiger charge is 2.58. The summed E-state index contributed by atoms with van der Waals surface area (Å²) in [6.07, 6.45) is -1.93. The Kier molecular flexibility index (Phi) is 1.73. The summed E-state index contributed by atoms with van der Waals surface area (Å²) in [5.41, 5.74) is 0. The van der Waals surface area contributed by atoms with E-state index in [9.17, 15) is 5.11 Å². The maximum Gasteiger partial charge on any atom is 0.187 e. The van der Waals surface area contributed by atoms with Crippen molar-refractivity contribution in [3.63, 3.8) is 0 Å². The van der Waals surface area contributed by atoms with Gasteiger partial charge in [-0.25, -0.2) is 0 Å². The van der Waals surface area contributed by atoms with Crippen LogP contribution in [-0.2, 0) is 18.9 Å². The van der Waals surface area contributed by atoms with Gasteiger partial charge >= 0.3 is 0 Å². The molecule has 3 aliphatic heterocycles. The van der Waals surface area contributed by atoms with E-state index in [0.29, 0.717) is 6.61 Å². The Bertz CT molecular complexity index is 246. The van der Waals surface area contributed by atoms with Gasteiger partial charge < -0.3 is 24.1 Å². The third-order valence-electron chi connectivity index (χ3n) is 2.88. The lowest BCUT2D eigenvalue weighted by Gasteiger charge is -2.31. The van der Waals surface area contributed by atoms with Crippen molar-refractivity contribution >= 4 is 0 Å². The van der Waals surface area contributed by atoms with E-state index >= 15 is 0 Å². The molecule has 5 heteroatoms. The lowest BCUT2D eigenvalue weighted by molar-refractivity contribution is -0.198. The van der Waals surface area contributed by atoms with Crippen molar-refractivity contribution in [2.45, 2.75) is 50.3 Å². The maximum atomic E-state index is 9.89. The van der Waals surface area contributed by atoms with Crippen molar-refractivity contribution < 1.29 is 24.1 Å². The van der Waals surface area contributed by atoms with Crippen LogP contribution in [0.5, 0.6) is 0 Å². The molecule has 5 atom stereocenters. The minimum Gasteiger partial charge on any atom is -0.387 e. The van der Waals surface area contributed by atoms with Crippen LogP contribution in [0, 0.1) is 0 Å². The topological polar surface area (TPSA) is 57.2 Å². The Hall–Kier alpha value is -0.200. The molecule has 2 unspecified atom stereocenters. The van der Waals surface area contributed by atoms with Crippen LogP contribution in [0.15, 0.2) is 0 Å². The van der Waals surface area contributed by atoms with Gasteiger partial charge in [-0.2, -0.15) is 0 Å². The molecular formula is C9H14O5. The zero-order chi connectivity index (χ0) is 9.92. The molecule has 0 aromatic rings. The molecule has 2 bridgehead atoms. The van der Waals surface area contributed by atoms with Crippen LogP contribution in [0.3, 0.4) is 0 Å². The number of rotatable bonds is 0. The lowest BCUT2D eigenvalue weighted by Crippen LogP contribution is -2.52. The van der Waals surface area contributed by atoms with Gasteiger partial charge in [0.2, 0.25) is 0 Å². The molecular weight excluding hydrogens is 188 g/mol. The zero-order valence-electron chi connectivity index (χ0n) is 8.17. The summed E-state index contributed by atoms with van der Waals surface area (Å²) in [4.78, 5) is 0. The fourth-order valence-corrected chi connectivity index (χ4v) is 2.30. The normalized spacial score (nSPS) is 54.6. The molecule has 0 saturated carbocycles. The Labute approximate surface area is 81.9 Å². The first-order chi connectivity index (χ1) is 6.57. The second-order valence-corrected chi connectivity index (χ2v) is 4.43. The largest absolute Gasteiger partial charge is 0.387 e. The molecule has 5 nitrogen and oxygen atoms in total. The standard InChI is InChI=1S/C9H14O5/c1-9(2)13-6-5(10)4-3-11-8(12-4)7(6)14-9/h4-8,10H,3H2,1-2H3/t4?,5-,6-,7?,8-/m1/s1. The average molecular weight is 202 g/mol. The molecule has 0 amide bonds. The van der Waals surface area contributed by atoms with E-state index in [1.807, 2.05) is 13.8 Å². The SMILES string of the molecule is CC1(C)OC2[C@@H]3OCC(O3)[C@@H](O)[C@H]2O1. The number of hydrogen-bond donors (Lipinski definition) is 1. The first-order valence-electron chi connectivity index (χ1n) is 4.88. The first kappa shape index (κ1) is 9.06. The minimum absolute atomic E-state index is 0.265. The third-order valence-corrected chi connectivity index (χ3v) is 2.88. The Morgan fingerprint density at radius 1 is 1.21 bits per heavy atom. The monoisotopic (exact) mass is 202 g/mol. The first-order valence-corrected chi connectivity index (χ1v) is 4.88. The van der Waals surface area contributed by atoms with E-state index in [4.69, 9.17) is 18.9 Å². The number of fused-ring (bicyclic) bond motifs is 4. The number of ether oxygens (including phenoxy) is 4. The molecule has 3 fully saturated rings. The average Bonchev–Trinajstić information content (AvgIpc) is 2.64.